The average Bonchev–Trinajstić information content (AvgIpc) is 2.95. The van der Waals surface area contributed by atoms with Crippen LogP contribution in [0.4, 0.5) is 11.9 Å². The first kappa shape index (κ1) is 17.4. The number of hydrogen-bond acceptors (Lipinski definition) is 7. The lowest BCUT2D eigenvalue weighted by atomic mass is 9.97. The van der Waals surface area contributed by atoms with E-state index in [-0.39, 0.29) is 5.95 Å². The quantitative estimate of drug-likeness (QED) is 0.889. The molecule has 0 bridgehead atoms. The summed E-state index contributed by atoms with van der Waals surface area (Å²) in [4.78, 5) is 17.2. The number of methoxy groups -OCH3 is 1. The standard InChI is InChI=1S/C18H26N6O/c1-12-9-14(13-5-7-15(25-4)8-6-13)10-24(12)11-16-20-17(19)22-18(21-16)23(2)3/h5-8,12,14H,9-11H2,1-4H3,(H2,19,20,21,22)/t12-,14+/m1/s1. The highest BCUT2D eigenvalue weighted by Gasteiger charge is 2.30. The fourth-order valence-electron chi connectivity index (χ4n) is 3.31. The second-order valence-electron chi connectivity index (χ2n) is 6.79. The Morgan fingerprint density at radius 2 is 1.92 bits per heavy atom. The van der Waals surface area contributed by atoms with Crippen LogP contribution in [0.2, 0.25) is 0 Å². The number of aromatic nitrogens is 3. The number of nitrogen functional groups attached to an aromatic ring is 1. The lowest BCUT2D eigenvalue weighted by Gasteiger charge is -2.20. The van der Waals surface area contributed by atoms with Crippen molar-refractivity contribution in [2.24, 2.45) is 0 Å². The van der Waals surface area contributed by atoms with E-state index >= 15 is 0 Å². The highest BCUT2D eigenvalue weighted by Crippen LogP contribution is 2.33. The summed E-state index contributed by atoms with van der Waals surface area (Å²) < 4.78 is 5.25. The topological polar surface area (TPSA) is 80.4 Å². The van der Waals surface area contributed by atoms with Crippen LogP contribution in [0.1, 0.15) is 30.7 Å². The molecule has 7 heteroatoms. The second kappa shape index (κ2) is 7.23. The van der Waals surface area contributed by atoms with Gasteiger partial charge in [0.25, 0.3) is 0 Å². The van der Waals surface area contributed by atoms with E-state index in [2.05, 4.69) is 38.9 Å². The van der Waals surface area contributed by atoms with Gasteiger partial charge in [-0.25, -0.2) is 0 Å². The molecule has 0 aliphatic carbocycles. The molecule has 2 N–H and O–H groups in total. The van der Waals surface area contributed by atoms with Gasteiger partial charge in [-0.3, -0.25) is 4.90 Å². The van der Waals surface area contributed by atoms with Gasteiger partial charge in [0.05, 0.1) is 13.7 Å². The minimum atomic E-state index is 0.271. The van der Waals surface area contributed by atoms with Crippen molar-refractivity contribution in [2.75, 3.05) is 38.4 Å². The third-order valence-corrected chi connectivity index (χ3v) is 4.72. The number of rotatable bonds is 5. The summed E-state index contributed by atoms with van der Waals surface area (Å²) in [7, 11) is 5.49. The van der Waals surface area contributed by atoms with Crippen molar-refractivity contribution in [3.63, 3.8) is 0 Å². The van der Waals surface area contributed by atoms with Gasteiger partial charge in [-0.2, -0.15) is 15.0 Å². The molecule has 1 aromatic carbocycles. The molecule has 1 aliphatic heterocycles. The zero-order valence-corrected chi connectivity index (χ0v) is 15.3. The number of benzene rings is 1. The summed E-state index contributed by atoms with van der Waals surface area (Å²) >= 11 is 0. The predicted molar refractivity (Wildman–Crippen MR) is 98.8 cm³/mol. The lowest BCUT2D eigenvalue weighted by Crippen LogP contribution is -2.28. The molecule has 25 heavy (non-hydrogen) atoms. The molecule has 1 saturated heterocycles. The Kier molecular flexibility index (Phi) is 5.03. The van der Waals surface area contributed by atoms with E-state index in [1.165, 1.54) is 5.56 Å². The molecule has 0 radical (unpaired) electrons. The van der Waals surface area contributed by atoms with Crippen LogP contribution in [0.5, 0.6) is 5.75 Å². The van der Waals surface area contributed by atoms with Crippen molar-refractivity contribution in [3.8, 4) is 5.75 Å². The molecule has 0 unspecified atom stereocenters. The second-order valence-corrected chi connectivity index (χ2v) is 6.79. The Morgan fingerprint density at radius 3 is 2.56 bits per heavy atom. The molecule has 0 spiro atoms. The normalized spacial score (nSPS) is 20.6. The van der Waals surface area contributed by atoms with E-state index in [1.54, 1.807) is 7.11 Å². The molecule has 2 aromatic rings. The Bertz CT molecular complexity index is 718. The molecule has 1 aliphatic rings. The summed E-state index contributed by atoms with van der Waals surface area (Å²) in [6.07, 6.45) is 1.12. The van der Waals surface area contributed by atoms with Gasteiger partial charge in [-0.05, 0) is 37.0 Å². The van der Waals surface area contributed by atoms with E-state index in [9.17, 15) is 0 Å². The van der Waals surface area contributed by atoms with E-state index < -0.39 is 0 Å². The van der Waals surface area contributed by atoms with Crippen molar-refractivity contribution < 1.29 is 4.74 Å². The summed E-state index contributed by atoms with van der Waals surface area (Å²) in [5.74, 6) is 2.99. The first-order valence-corrected chi connectivity index (χ1v) is 8.52. The SMILES string of the molecule is COc1ccc([C@H]2C[C@@H](C)N(Cc3nc(N)nc(N(C)C)n3)C2)cc1. The summed E-state index contributed by atoms with van der Waals surface area (Å²) in [5, 5.41) is 0. The lowest BCUT2D eigenvalue weighted by molar-refractivity contribution is 0.252. The molecule has 2 atom stereocenters. The number of ether oxygens (including phenoxy) is 1. The summed E-state index contributed by atoms with van der Waals surface area (Å²) in [6, 6.07) is 8.83. The smallest absolute Gasteiger partial charge is 0.229 e. The molecule has 1 aromatic heterocycles. The maximum atomic E-state index is 5.83. The highest BCUT2D eigenvalue weighted by atomic mass is 16.5. The number of nitrogens with zero attached hydrogens (tertiary/aromatic N) is 5. The average molecular weight is 342 g/mol. The fourth-order valence-corrected chi connectivity index (χ4v) is 3.31. The zero-order valence-electron chi connectivity index (χ0n) is 15.3. The van der Waals surface area contributed by atoms with Crippen LogP contribution in [0, 0.1) is 0 Å². The van der Waals surface area contributed by atoms with Crippen LogP contribution in [-0.4, -0.2) is 53.6 Å². The maximum Gasteiger partial charge on any atom is 0.229 e. The van der Waals surface area contributed by atoms with E-state index in [4.69, 9.17) is 10.5 Å². The van der Waals surface area contributed by atoms with Crippen LogP contribution < -0.4 is 15.4 Å². The largest absolute Gasteiger partial charge is 0.497 e. The molecule has 0 amide bonds. The first-order valence-electron chi connectivity index (χ1n) is 8.52. The summed E-state index contributed by atoms with van der Waals surface area (Å²) in [5.41, 5.74) is 7.18. The third kappa shape index (κ3) is 3.99. The van der Waals surface area contributed by atoms with Crippen molar-refractivity contribution in [2.45, 2.75) is 31.8 Å². The van der Waals surface area contributed by atoms with E-state index in [1.807, 2.05) is 31.1 Å². The molecule has 1 fully saturated rings. The van der Waals surface area contributed by atoms with Crippen molar-refractivity contribution in [1.82, 2.24) is 19.9 Å². The minimum Gasteiger partial charge on any atom is -0.497 e. The van der Waals surface area contributed by atoms with E-state index in [0.717, 1.165) is 24.5 Å². The van der Waals surface area contributed by atoms with Crippen LogP contribution in [0.3, 0.4) is 0 Å². The minimum absolute atomic E-state index is 0.271. The van der Waals surface area contributed by atoms with E-state index in [0.29, 0.717) is 24.5 Å². The van der Waals surface area contributed by atoms with Gasteiger partial charge in [0.2, 0.25) is 11.9 Å². The maximum absolute atomic E-state index is 5.83. The Morgan fingerprint density at radius 1 is 1.20 bits per heavy atom. The van der Waals surface area contributed by atoms with Crippen molar-refractivity contribution in [3.05, 3.63) is 35.7 Å². The van der Waals surface area contributed by atoms with Crippen LogP contribution in [0.15, 0.2) is 24.3 Å². The Hall–Kier alpha value is -2.41. The Balaban J connectivity index is 1.71. The van der Waals surface area contributed by atoms with Gasteiger partial charge in [-0.15, -0.1) is 0 Å². The number of nitrogens with two attached hydrogens (primary N) is 1. The summed E-state index contributed by atoms with van der Waals surface area (Å²) in [6.45, 7) is 3.92. The number of hydrogen-bond donors (Lipinski definition) is 1. The number of likely N-dealkylation sites (tertiary alicyclic amines) is 1. The third-order valence-electron chi connectivity index (χ3n) is 4.72. The van der Waals surface area contributed by atoms with Crippen LogP contribution in [-0.2, 0) is 6.54 Å². The van der Waals surface area contributed by atoms with Crippen molar-refractivity contribution >= 4 is 11.9 Å². The van der Waals surface area contributed by atoms with Gasteiger partial charge in [0.15, 0.2) is 0 Å². The Labute approximate surface area is 148 Å². The first-order chi connectivity index (χ1) is 12.0. The molecule has 134 valence electrons. The molecule has 0 saturated carbocycles. The van der Waals surface area contributed by atoms with Gasteiger partial charge < -0.3 is 15.4 Å². The van der Waals surface area contributed by atoms with Crippen LogP contribution in [0.25, 0.3) is 0 Å². The molecule has 7 nitrogen and oxygen atoms in total. The molecule has 2 heterocycles. The molecular formula is C18H26N6O. The van der Waals surface area contributed by atoms with Gasteiger partial charge in [-0.1, -0.05) is 12.1 Å². The monoisotopic (exact) mass is 342 g/mol. The number of anilines is 2. The fraction of sp³-hybridized carbons (Fsp3) is 0.500. The zero-order chi connectivity index (χ0) is 18.0. The molecule has 3 rings (SSSR count). The predicted octanol–water partition coefficient (Wildman–Crippen LogP) is 1.91. The van der Waals surface area contributed by atoms with Gasteiger partial charge in [0.1, 0.15) is 11.6 Å². The van der Waals surface area contributed by atoms with Crippen molar-refractivity contribution in [1.29, 1.82) is 0 Å². The van der Waals surface area contributed by atoms with Crippen LogP contribution >= 0.6 is 0 Å². The highest BCUT2D eigenvalue weighted by molar-refractivity contribution is 5.33. The molecular weight excluding hydrogens is 316 g/mol. The van der Waals surface area contributed by atoms with Gasteiger partial charge >= 0.3 is 0 Å². The van der Waals surface area contributed by atoms with Gasteiger partial charge in [0, 0.05) is 26.7 Å².